The first-order valence-corrected chi connectivity index (χ1v) is 11.0. The Bertz CT molecular complexity index is 1260. The number of hydrogen-bond donors (Lipinski definition) is 2. The van der Waals surface area contributed by atoms with E-state index in [1.54, 1.807) is 6.07 Å². The van der Waals surface area contributed by atoms with Gasteiger partial charge in [-0.25, -0.2) is 9.97 Å². The molecule has 0 radical (unpaired) electrons. The van der Waals surface area contributed by atoms with Crippen molar-refractivity contribution in [1.82, 2.24) is 9.97 Å². The molecule has 36 heavy (non-hydrogen) atoms. The van der Waals surface area contributed by atoms with Crippen LogP contribution in [0.15, 0.2) is 61.3 Å². The van der Waals surface area contributed by atoms with E-state index in [-0.39, 0.29) is 22.9 Å². The van der Waals surface area contributed by atoms with Crippen molar-refractivity contribution in [2.45, 2.75) is 6.18 Å². The largest absolute Gasteiger partial charge is 0.496 e. The Morgan fingerprint density at radius 2 is 1.94 bits per heavy atom. The molecule has 1 saturated heterocycles. The van der Waals surface area contributed by atoms with Gasteiger partial charge in [-0.2, -0.15) is 13.2 Å². The Labute approximate surface area is 205 Å². The van der Waals surface area contributed by atoms with Gasteiger partial charge in [0.2, 0.25) is 11.9 Å². The predicted octanol–water partition coefficient (Wildman–Crippen LogP) is 4.88. The quantitative estimate of drug-likeness (QED) is 0.448. The van der Waals surface area contributed by atoms with Crippen molar-refractivity contribution in [3.63, 3.8) is 0 Å². The summed E-state index contributed by atoms with van der Waals surface area (Å²) in [7, 11) is 1.34. The van der Waals surface area contributed by atoms with Crippen LogP contribution in [0.3, 0.4) is 0 Å². The highest BCUT2D eigenvalue weighted by Crippen LogP contribution is 2.40. The van der Waals surface area contributed by atoms with Crippen LogP contribution in [0.1, 0.15) is 5.56 Å². The standard InChI is InChI=1S/C25H24F3N5O3/c1-3-22(34)30-17-7-8-21(35-2)19(14-17)23-20(25(26,27)28)15-29-24(32-23)31-16-5-4-6-18(13-16)33-9-11-36-12-10-33/h3-8,13-15H,1,9-12H2,2H3,(H,30,34)(H,29,31,32). The zero-order valence-electron chi connectivity index (χ0n) is 19.4. The van der Waals surface area contributed by atoms with Gasteiger partial charge < -0.3 is 25.0 Å². The van der Waals surface area contributed by atoms with Crippen LogP contribution in [0, 0.1) is 0 Å². The van der Waals surface area contributed by atoms with E-state index >= 15 is 0 Å². The van der Waals surface area contributed by atoms with Crippen molar-refractivity contribution >= 4 is 28.9 Å². The molecule has 0 bridgehead atoms. The highest BCUT2D eigenvalue weighted by Gasteiger charge is 2.36. The monoisotopic (exact) mass is 499 g/mol. The summed E-state index contributed by atoms with van der Waals surface area (Å²) < 4.78 is 52.4. The van der Waals surface area contributed by atoms with Crippen molar-refractivity contribution in [3.05, 3.63) is 66.9 Å². The van der Waals surface area contributed by atoms with Crippen molar-refractivity contribution in [2.24, 2.45) is 0 Å². The molecule has 0 saturated carbocycles. The number of morpholine rings is 1. The lowest BCUT2D eigenvalue weighted by molar-refractivity contribution is -0.137. The Hall–Kier alpha value is -4.12. The van der Waals surface area contributed by atoms with Gasteiger partial charge in [0.15, 0.2) is 0 Å². The van der Waals surface area contributed by atoms with E-state index in [2.05, 4.69) is 32.1 Å². The van der Waals surface area contributed by atoms with E-state index in [0.29, 0.717) is 18.9 Å². The molecule has 1 aromatic heterocycles. The topological polar surface area (TPSA) is 88.6 Å². The minimum absolute atomic E-state index is 0.0280. The van der Waals surface area contributed by atoms with Crippen LogP contribution in [0.4, 0.5) is 36.2 Å². The van der Waals surface area contributed by atoms with Crippen LogP contribution in [-0.4, -0.2) is 49.3 Å². The van der Waals surface area contributed by atoms with E-state index < -0.39 is 23.3 Å². The zero-order valence-corrected chi connectivity index (χ0v) is 19.4. The van der Waals surface area contributed by atoms with E-state index in [1.165, 1.54) is 25.3 Å². The van der Waals surface area contributed by atoms with E-state index in [0.717, 1.165) is 31.0 Å². The molecule has 2 heterocycles. The summed E-state index contributed by atoms with van der Waals surface area (Å²) in [6.45, 7) is 6.10. The Balaban J connectivity index is 1.73. The number of alkyl halides is 3. The third kappa shape index (κ3) is 5.74. The highest BCUT2D eigenvalue weighted by atomic mass is 19.4. The molecule has 2 aromatic carbocycles. The molecule has 0 spiro atoms. The number of rotatable bonds is 7. The lowest BCUT2D eigenvalue weighted by atomic mass is 10.0. The fourth-order valence-electron chi connectivity index (χ4n) is 3.75. The fourth-order valence-corrected chi connectivity index (χ4v) is 3.75. The summed E-state index contributed by atoms with van der Waals surface area (Å²) in [6, 6.07) is 11.8. The molecule has 1 aliphatic heterocycles. The fraction of sp³-hybridized carbons (Fsp3) is 0.240. The smallest absolute Gasteiger partial charge is 0.419 e. The molecule has 1 aliphatic rings. The molecule has 1 fully saturated rings. The zero-order chi connectivity index (χ0) is 25.7. The minimum Gasteiger partial charge on any atom is -0.496 e. The number of methoxy groups -OCH3 is 1. The van der Waals surface area contributed by atoms with Crippen LogP contribution >= 0.6 is 0 Å². The molecule has 0 unspecified atom stereocenters. The van der Waals surface area contributed by atoms with Gasteiger partial charge in [0.05, 0.1) is 26.0 Å². The van der Waals surface area contributed by atoms with Crippen molar-refractivity contribution in [1.29, 1.82) is 0 Å². The number of nitrogens with one attached hydrogen (secondary N) is 2. The predicted molar refractivity (Wildman–Crippen MR) is 131 cm³/mol. The number of nitrogens with zero attached hydrogens (tertiary/aromatic N) is 3. The summed E-state index contributed by atoms with van der Waals surface area (Å²) in [5, 5.41) is 5.53. The second kappa shape index (κ2) is 10.6. The average molecular weight is 499 g/mol. The third-order valence-corrected chi connectivity index (χ3v) is 5.48. The van der Waals surface area contributed by atoms with E-state index in [1.807, 2.05) is 18.2 Å². The van der Waals surface area contributed by atoms with Gasteiger partial charge in [0.25, 0.3) is 0 Å². The minimum atomic E-state index is -4.73. The Kier molecular flexibility index (Phi) is 7.39. The lowest BCUT2D eigenvalue weighted by Gasteiger charge is -2.29. The summed E-state index contributed by atoms with van der Waals surface area (Å²) >= 11 is 0. The maximum Gasteiger partial charge on any atom is 0.419 e. The maximum atomic E-state index is 13.9. The summed E-state index contributed by atoms with van der Waals surface area (Å²) in [6.07, 6.45) is -2.94. The molecule has 188 valence electrons. The molecule has 3 aromatic rings. The molecule has 11 heteroatoms. The highest BCUT2D eigenvalue weighted by molar-refractivity contribution is 5.99. The van der Waals surface area contributed by atoms with Gasteiger partial charge in [0, 0.05) is 41.9 Å². The van der Waals surface area contributed by atoms with Crippen LogP contribution in [0.5, 0.6) is 5.75 Å². The summed E-state index contributed by atoms with van der Waals surface area (Å²) in [5.41, 5.74) is 0.428. The number of carbonyl (C=O) groups is 1. The number of halogens is 3. The lowest BCUT2D eigenvalue weighted by Crippen LogP contribution is -2.36. The third-order valence-electron chi connectivity index (χ3n) is 5.48. The number of ether oxygens (including phenoxy) is 2. The molecular formula is C25H24F3N5O3. The number of benzene rings is 2. The second-order valence-corrected chi connectivity index (χ2v) is 7.84. The van der Waals surface area contributed by atoms with Gasteiger partial charge in [-0.05, 0) is 42.5 Å². The molecule has 8 nitrogen and oxygen atoms in total. The first-order valence-electron chi connectivity index (χ1n) is 11.0. The van der Waals surface area contributed by atoms with E-state index in [4.69, 9.17) is 9.47 Å². The summed E-state index contributed by atoms with van der Waals surface area (Å²) in [5.74, 6) is -0.386. The van der Waals surface area contributed by atoms with Crippen LogP contribution in [0.25, 0.3) is 11.3 Å². The number of carbonyl (C=O) groups excluding carboxylic acids is 1. The SMILES string of the molecule is C=CC(=O)Nc1ccc(OC)c(-c2nc(Nc3cccc(N4CCOCC4)c3)ncc2C(F)(F)F)c1. The molecule has 0 atom stereocenters. The summed E-state index contributed by atoms with van der Waals surface area (Å²) in [4.78, 5) is 22.0. The molecule has 1 amide bonds. The maximum absolute atomic E-state index is 13.9. The average Bonchev–Trinajstić information content (AvgIpc) is 2.88. The van der Waals surface area contributed by atoms with Crippen LogP contribution < -0.4 is 20.3 Å². The second-order valence-electron chi connectivity index (χ2n) is 7.84. The van der Waals surface area contributed by atoms with Gasteiger partial charge in [-0.3, -0.25) is 4.79 Å². The van der Waals surface area contributed by atoms with Gasteiger partial charge in [-0.1, -0.05) is 12.6 Å². The normalized spacial score (nSPS) is 13.7. The van der Waals surface area contributed by atoms with Crippen molar-refractivity contribution in [2.75, 3.05) is 48.9 Å². The molecule has 4 rings (SSSR count). The Morgan fingerprint density at radius 1 is 1.17 bits per heavy atom. The first kappa shape index (κ1) is 25.0. The van der Waals surface area contributed by atoms with E-state index in [9.17, 15) is 18.0 Å². The van der Waals surface area contributed by atoms with Crippen LogP contribution in [0.2, 0.25) is 0 Å². The van der Waals surface area contributed by atoms with Crippen molar-refractivity contribution < 1.29 is 27.4 Å². The van der Waals surface area contributed by atoms with Gasteiger partial charge >= 0.3 is 6.18 Å². The Morgan fingerprint density at radius 3 is 2.64 bits per heavy atom. The van der Waals surface area contributed by atoms with Gasteiger partial charge in [0.1, 0.15) is 11.3 Å². The number of aromatic nitrogens is 2. The molecule has 2 N–H and O–H groups in total. The number of amides is 1. The molecule has 0 aliphatic carbocycles. The first-order chi connectivity index (χ1) is 17.3. The van der Waals surface area contributed by atoms with Crippen LogP contribution in [-0.2, 0) is 15.7 Å². The number of hydrogen-bond acceptors (Lipinski definition) is 7. The molecular weight excluding hydrogens is 475 g/mol. The van der Waals surface area contributed by atoms with Crippen molar-refractivity contribution in [3.8, 4) is 17.0 Å². The number of anilines is 4. The van der Waals surface area contributed by atoms with Gasteiger partial charge in [-0.15, -0.1) is 0 Å².